The highest BCUT2D eigenvalue weighted by molar-refractivity contribution is 9.10. The number of rotatable bonds is 16. The fraction of sp³-hybridized carbons (Fsp3) is 0.750. The zero-order valence-electron chi connectivity index (χ0n) is 20.5. The Morgan fingerprint density at radius 3 is 1.94 bits per heavy atom. The number of nitrogens with zero attached hydrogens (tertiary/aromatic N) is 1. The highest BCUT2D eigenvalue weighted by Crippen LogP contribution is 2.16. The van der Waals surface area contributed by atoms with Crippen molar-refractivity contribution in [2.75, 3.05) is 13.2 Å². The van der Waals surface area contributed by atoms with Gasteiger partial charge in [0.2, 0.25) is 5.88 Å². The third kappa shape index (κ3) is 16.2. The van der Waals surface area contributed by atoms with E-state index in [-0.39, 0.29) is 6.54 Å². The van der Waals surface area contributed by atoms with Crippen LogP contribution in [-0.4, -0.2) is 74.7 Å². The Bertz CT molecular complexity index is 702. The Balaban J connectivity index is 2.07. The first-order valence-corrected chi connectivity index (χ1v) is 12.7. The number of carbonyl (C=O) groups is 1. The molecule has 4 atom stereocenters. The lowest BCUT2D eigenvalue weighted by Gasteiger charge is -2.20. The van der Waals surface area contributed by atoms with E-state index in [1.165, 1.54) is 0 Å². The zero-order chi connectivity index (χ0) is 25.6. The minimum atomic E-state index is -0.640. The van der Waals surface area contributed by atoms with Crippen molar-refractivity contribution in [2.45, 2.75) is 102 Å². The van der Waals surface area contributed by atoms with E-state index in [4.69, 9.17) is 9.47 Å². The van der Waals surface area contributed by atoms with Gasteiger partial charge in [0.15, 0.2) is 0 Å². The van der Waals surface area contributed by atoms with Gasteiger partial charge in [-0.3, -0.25) is 0 Å². The molecule has 9 nitrogen and oxygen atoms in total. The van der Waals surface area contributed by atoms with Crippen molar-refractivity contribution in [2.24, 2.45) is 0 Å². The molecule has 0 fully saturated rings. The number of hydrogen-bond donors (Lipinski definition) is 5. The molecule has 0 aliphatic carbocycles. The van der Waals surface area contributed by atoms with Crippen LogP contribution < -0.4 is 10.1 Å². The van der Waals surface area contributed by atoms with E-state index >= 15 is 0 Å². The minimum Gasteiger partial charge on any atom is -0.478 e. The van der Waals surface area contributed by atoms with Gasteiger partial charge in [0.25, 0.3) is 0 Å². The van der Waals surface area contributed by atoms with Crippen molar-refractivity contribution in [1.29, 1.82) is 0 Å². The molecule has 0 aromatic carbocycles. The summed E-state index contributed by atoms with van der Waals surface area (Å²) in [6.45, 7) is 5.96. The van der Waals surface area contributed by atoms with Crippen molar-refractivity contribution in [3.63, 3.8) is 0 Å². The van der Waals surface area contributed by atoms with Gasteiger partial charge in [0.05, 0.1) is 31.0 Å². The van der Waals surface area contributed by atoms with Crippen LogP contribution in [0.25, 0.3) is 0 Å². The number of aliphatic hydroxyl groups excluding tert-OH is 4. The molecular weight excluding hydrogens is 508 g/mol. The Kier molecular flexibility index (Phi) is 14.6. The van der Waals surface area contributed by atoms with Gasteiger partial charge < -0.3 is 35.2 Å². The summed E-state index contributed by atoms with van der Waals surface area (Å²) < 4.78 is 11.5. The highest BCUT2D eigenvalue weighted by atomic mass is 79.9. The average molecular weight is 550 g/mol. The molecular formula is C24H41BrN2O7. The van der Waals surface area contributed by atoms with Crippen LogP contribution in [0, 0.1) is 0 Å². The van der Waals surface area contributed by atoms with Gasteiger partial charge >= 0.3 is 6.09 Å². The molecule has 10 heteroatoms. The number of hydrogen-bond acceptors (Lipinski definition) is 8. The Hall–Kier alpha value is -1.46. The van der Waals surface area contributed by atoms with Crippen molar-refractivity contribution >= 4 is 22.0 Å². The second kappa shape index (κ2) is 16.3. The maximum atomic E-state index is 11.6. The quantitative estimate of drug-likeness (QED) is 0.212. The van der Waals surface area contributed by atoms with E-state index in [9.17, 15) is 25.2 Å². The molecule has 0 saturated heterocycles. The lowest BCUT2D eigenvalue weighted by molar-refractivity contribution is 0.0509. The standard InChI is InChI=1S/C24H41BrN2O7/c1-24(2,3)34-23(32)27-14-11-20(30)8-6-18(28)4-5-19(29)7-9-21(31)12-15-33-22-16-17(25)10-13-26-22/h10,13,16,18-21,28-31H,4-9,11-12,14-15H2,1-3H3,(H,27,32). The van der Waals surface area contributed by atoms with Crippen LogP contribution in [0.2, 0.25) is 0 Å². The summed E-state index contributed by atoms with van der Waals surface area (Å²) in [5, 5.41) is 43.0. The molecule has 196 valence electrons. The maximum Gasteiger partial charge on any atom is 0.407 e. The molecule has 34 heavy (non-hydrogen) atoms. The van der Waals surface area contributed by atoms with Gasteiger partial charge in [-0.25, -0.2) is 9.78 Å². The molecule has 5 N–H and O–H groups in total. The summed E-state index contributed by atoms with van der Waals surface area (Å²) in [6, 6.07) is 3.55. The summed E-state index contributed by atoms with van der Waals surface area (Å²) in [4.78, 5) is 15.6. The summed E-state index contributed by atoms with van der Waals surface area (Å²) in [5.41, 5.74) is -0.568. The van der Waals surface area contributed by atoms with E-state index in [1.807, 2.05) is 0 Å². The van der Waals surface area contributed by atoms with Crippen LogP contribution in [0.5, 0.6) is 5.88 Å². The second-order valence-corrected chi connectivity index (χ2v) is 10.4. The predicted molar refractivity (Wildman–Crippen MR) is 133 cm³/mol. The summed E-state index contributed by atoms with van der Waals surface area (Å²) in [7, 11) is 0. The van der Waals surface area contributed by atoms with Crippen molar-refractivity contribution in [3.05, 3.63) is 22.8 Å². The first-order chi connectivity index (χ1) is 15.9. The average Bonchev–Trinajstić information content (AvgIpc) is 2.73. The molecule has 0 bridgehead atoms. The van der Waals surface area contributed by atoms with E-state index in [1.54, 1.807) is 39.1 Å². The van der Waals surface area contributed by atoms with E-state index < -0.39 is 36.1 Å². The predicted octanol–water partition coefficient (Wildman–Crippen LogP) is 3.31. The highest BCUT2D eigenvalue weighted by Gasteiger charge is 2.17. The Morgan fingerprint density at radius 2 is 1.44 bits per heavy atom. The van der Waals surface area contributed by atoms with E-state index in [0.29, 0.717) is 63.9 Å². The zero-order valence-corrected chi connectivity index (χ0v) is 22.0. The van der Waals surface area contributed by atoms with Crippen LogP contribution in [0.3, 0.4) is 0 Å². The number of amides is 1. The van der Waals surface area contributed by atoms with Gasteiger partial charge in [0.1, 0.15) is 5.60 Å². The molecule has 0 aliphatic heterocycles. The Labute approximate surface area is 211 Å². The van der Waals surface area contributed by atoms with Gasteiger partial charge in [-0.05, 0) is 71.8 Å². The Morgan fingerprint density at radius 1 is 0.941 bits per heavy atom. The maximum absolute atomic E-state index is 11.6. The van der Waals surface area contributed by atoms with Gasteiger partial charge in [0, 0.05) is 29.7 Å². The van der Waals surface area contributed by atoms with Gasteiger partial charge in [-0.2, -0.15) is 0 Å². The largest absolute Gasteiger partial charge is 0.478 e. The number of aliphatic hydroxyl groups is 4. The van der Waals surface area contributed by atoms with Crippen molar-refractivity contribution < 1.29 is 34.7 Å². The van der Waals surface area contributed by atoms with Crippen LogP contribution in [0.15, 0.2) is 22.8 Å². The summed E-state index contributed by atoms with van der Waals surface area (Å²) >= 11 is 3.34. The molecule has 1 aromatic rings. The number of pyridine rings is 1. The smallest absolute Gasteiger partial charge is 0.407 e. The number of ether oxygens (including phenoxy) is 2. The van der Waals surface area contributed by atoms with Crippen molar-refractivity contribution in [3.8, 4) is 5.88 Å². The van der Waals surface area contributed by atoms with Crippen LogP contribution in [0.1, 0.15) is 72.1 Å². The van der Waals surface area contributed by atoms with E-state index in [2.05, 4.69) is 26.2 Å². The normalized spacial score (nSPS) is 15.3. The lowest BCUT2D eigenvalue weighted by Crippen LogP contribution is -2.34. The first-order valence-electron chi connectivity index (χ1n) is 11.9. The molecule has 1 rings (SSSR count). The SMILES string of the molecule is CC(C)(C)OC(=O)NCCC(O)CCC(O)CCC(O)CCC(O)CCOc1cc(Br)ccn1. The summed E-state index contributed by atoms with van der Waals surface area (Å²) in [5.74, 6) is 0.486. The molecule has 4 unspecified atom stereocenters. The fourth-order valence-corrected chi connectivity index (χ4v) is 3.46. The topological polar surface area (TPSA) is 141 Å². The van der Waals surface area contributed by atoms with Crippen molar-refractivity contribution in [1.82, 2.24) is 10.3 Å². The molecule has 1 heterocycles. The molecule has 0 saturated carbocycles. The van der Waals surface area contributed by atoms with E-state index in [0.717, 1.165) is 4.47 Å². The van der Waals surface area contributed by atoms with Gasteiger partial charge in [-0.1, -0.05) is 15.9 Å². The molecule has 0 spiro atoms. The van der Waals surface area contributed by atoms with Gasteiger partial charge in [-0.15, -0.1) is 0 Å². The van der Waals surface area contributed by atoms with Crippen LogP contribution >= 0.6 is 15.9 Å². The number of carbonyl (C=O) groups excluding carboxylic acids is 1. The number of aromatic nitrogens is 1. The second-order valence-electron chi connectivity index (χ2n) is 9.51. The monoisotopic (exact) mass is 548 g/mol. The third-order valence-corrected chi connectivity index (χ3v) is 5.54. The number of alkyl carbamates (subject to hydrolysis) is 1. The third-order valence-electron chi connectivity index (χ3n) is 5.04. The minimum absolute atomic E-state index is 0.289. The molecule has 1 aromatic heterocycles. The lowest BCUT2D eigenvalue weighted by atomic mass is 9.99. The first kappa shape index (κ1) is 30.6. The molecule has 0 radical (unpaired) electrons. The summed E-state index contributed by atoms with van der Waals surface area (Å²) in [6.07, 6.45) is 1.96. The molecule has 0 aliphatic rings. The van der Waals surface area contributed by atoms with Crippen LogP contribution in [-0.2, 0) is 4.74 Å². The fourth-order valence-electron chi connectivity index (χ4n) is 3.15. The molecule has 1 amide bonds. The number of halogens is 1. The van der Waals surface area contributed by atoms with Crippen LogP contribution in [0.4, 0.5) is 4.79 Å². The number of nitrogens with one attached hydrogen (secondary N) is 1.